The monoisotopic (exact) mass is 283 g/mol. The fourth-order valence-electron chi connectivity index (χ4n) is 1.59. The summed E-state index contributed by atoms with van der Waals surface area (Å²) in [5.41, 5.74) is 0.350. The maximum atomic E-state index is 11.7. The number of rotatable bonds is 5. The lowest BCUT2D eigenvalue weighted by Gasteiger charge is -2.08. The van der Waals surface area contributed by atoms with Gasteiger partial charge < -0.3 is 5.32 Å². The average molecular weight is 284 g/mol. The van der Waals surface area contributed by atoms with Gasteiger partial charge in [0.05, 0.1) is 11.9 Å². The standard InChI is InChI=1S/C12H14ClN3OS/c1-2-16-12(17)11(13)10(8-15-16)14-6-5-9-4-3-7-18-9/h3-4,7-8,14H,2,5-6H2,1H3. The molecular formula is C12H14ClN3OS. The fraction of sp³-hybridized carbons (Fsp3) is 0.333. The summed E-state index contributed by atoms with van der Waals surface area (Å²) in [5.74, 6) is 0. The van der Waals surface area contributed by atoms with Gasteiger partial charge in [0.25, 0.3) is 5.56 Å². The minimum absolute atomic E-state index is 0.207. The zero-order chi connectivity index (χ0) is 13.0. The van der Waals surface area contributed by atoms with Gasteiger partial charge in [-0.2, -0.15) is 5.10 Å². The Kier molecular flexibility index (Phi) is 4.38. The third-order valence-electron chi connectivity index (χ3n) is 2.55. The van der Waals surface area contributed by atoms with Gasteiger partial charge in [0, 0.05) is 18.0 Å². The predicted octanol–water partition coefficient (Wildman–Crippen LogP) is 2.63. The first-order valence-electron chi connectivity index (χ1n) is 5.74. The second-order valence-corrected chi connectivity index (χ2v) is 5.16. The Labute approximate surface area is 114 Å². The molecule has 0 saturated heterocycles. The molecule has 0 aliphatic carbocycles. The summed E-state index contributed by atoms with van der Waals surface area (Å²) in [6.45, 7) is 3.11. The predicted molar refractivity (Wildman–Crippen MR) is 75.7 cm³/mol. The van der Waals surface area contributed by atoms with E-state index in [-0.39, 0.29) is 10.6 Å². The summed E-state index contributed by atoms with van der Waals surface area (Å²) in [5, 5.41) is 9.43. The van der Waals surface area contributed by atoms with Crippen molar-refractivity contribution in [2.75, 3.05) is 11.9 Å². The highest BCUT2D eigenvalue weighted by molar-refractivity contribution is 7.09. The molecule has 2 rings (SSSR count). The molecule has 0 amide bonds. The van der Waals surface area contributed by atoms with Gasteiger partial charge in [-0.3, -0.25) is 4.79 Å². The number of nitrogens with one attached hydrogen (secondary N) is 1. The van der Waals surface area contributed by atoms with Crippen molar-refractivity contribution in [2.24, 2.45) is 0 Å². The van der Waals surface area contributed by atoms with E-state index >= 15 is 0 Å². The van der Waals surface area contributed by atoms with Crippen LogP contribution >= 0.6 is 22.9 Å². The third kappa shape index (κ3) is 2.91. The summed E-state index contributed by atoms with van der Waals surface area (Å²) < 4.78 is 1.34. The summed E-state index contributed by atoms with van der Waals surface area (Å²) in [4.78, 5) is 13.0. The van der Waals surface area contributed by atoms with Crippen LogP contribution in [-0.4, -0.2) is 16.3 Å². The quantitative estimate of drug-likeness (QED) is 0.918. The van der Waals surface area contributed by atoms with E-state index in [1.165, 1.54) is 9.56 Å². The van der Waals surface area contributed by atoms with Crippen LogP contribution in [0, 0.1) is 0 Å². The highest BCUT2D eigenvalue weighted by Crippen LogP contribution is 2.16. The van der Waals surface area contributed by atoms with Crippen LogP contribution in [0.1, 0.15) is 11.8 Å². The van der Waals surface area contributed by atoms with E-state index in [0.717, 1.165) is 13.0 Å². The van der Waals surface area contributed by atoms with Crippen LogP contribution in [-0.2, 0) is 13.0 Å². The largest absolute Gasteiger partial charge is 0.382 e. The third-order valence-corrected chi connectivity index (χ3v) is 3.85. The first-order valence-corrected chi connectivity index (χ1v) is 7.00. The first-order chi connectivity index (χ1) is 8.72. The van der Waals surface area contributed by atoms with Crippen LogP contribution in [0.5, 0.6) is 0 Å². The number of aromatic nitrogens is 2. The van der Waals surface area contributed by atoms with Gasteiger partial charge >= 0.3 is 0 Å². The van der Waals surface area contributed by atoms with E-state index in [0.29, 0.717) is 12.2 Å². The highest BCUT2D eigenvalue weighted by Gasteiger charge is 2.07. The normalized spacial score (nSPS) is 10.6. The molecule has 0 radical (unpaired) electrons. The summed E-state index contributed by atoms with van der Waals surface area (Å²) in [6, 6.07) is 4.11. The molecule has 6 heteroatoms. The van der Waals surface area contributed by atoms with Gasteiger partial charge in [-0.1, -0.05) is 17.7 Å². The number of halogens is 1. The Morgan fingerprint density at radius 1 is 1.56 bits per heavy atom. The molecule has 0 spiro atoms. The second-order valence-electron chi connectivity index (χ2n) is 3.75. The van der Waals surface area contributed by atoms with Crippen molar-refractivity contribution >= 4 is 28.6 Å². The minimum atomic E-state index is -0.250. The molecule has 0 saturated carbocycles. The molecule has 18 heavy (non-hydrogen) atoms. The smallest absolute Gasteiger partial charge is 0.287 e. The molecule has 0 atom stereocenters. The fourth-order valence-corrected chi connectivity index (χ4v) is 2.51. The lowest BCUT2D eigenvalue weighted by molar-refractivity contribution is 0.616. The van der Waals surface area contributed by atoms with Crippen molar-refractivity contribution in [3.8, 4) is 0 Å². The van der Waals surface area contributed by atoms with Crippen LogP contribution in [0.15, 0.2) is 28.5 Å². The number of hydrogen-bond donors (Lipinski definition) is 1. The van der Waals surface area contributed by atoms with Gasteiger partial charge in [0.1, 0.15) is 5.02 Å². The molecule has 0 fully saturated rings. The van der Waals surface area contributed by atoms with Crippen LogP contribution in [0.3, 0.4) is 0 Å². The Balaban J connectivity index is 2.02. The molecule has 0 aliphatic heterocycles. The van der Waals surface area contributed by atoms with E-state index in [1.54, 1.807) is 17.5 Å². The molecule has 0 bridgehead atoms. The van der Waals surface area contributed by atoms with Crippen LogP contribution in [0.2, 0.25) is 5.02 Å². The van der Waals surface area contributed by atoms with E-state index in [2.05, 4.69) is 16.5 Å². The van der Waals surface area contributed by atoms with E-state index in [4.69, 9.17) is 11.6 Å². The van der Waals surface area contributed by atoms with E-state index in [1.807, 2.05) is 18.4 Å². The number of aryl methyl sites for hydroxylation is 1. The maximum absolute atomic E-state index is 11.7. The van der Waals surface area contributed by atoms with Crippen molar-refractivity contribution in [3.63, 3.8) is 0 Å². The van der Waals surface area contributed by atoms with Crippen LogP contribution in [0.25, 0.3) is 0 Å². The van der Waals surface area contributed by atoms with Crippen LogP contribution in [0.4, 0.5) is 5.69 Å². The average Bonchev–Trinajstić information content (AvgIpc) is 2.88. The molecule has 96 valence electrons. The Morgan fingerprint density at radius 2 is 2.39 bits per heavy atom. The molecule has 0 aliphatic rings. The number of anilines is 1. The van der Waals surface area contributed by atoms with Crippen molar-refractivity contribution < 1.29 is 0 Å². The molecule has 1 N–H and O–H groups in total. The molecule has 0 aromatic carbocycles. The zero-order valence-corrected chi connectivity index (χ0v) is 11.6. The Morgan fingerprint density at radius 3 is 3.06 bits per heavy atom. The molecular weight excluding hydrogens is 270 g/mol. The lowest BCUT2D eigenvalue weighted by Crippen LogP contribution is -2.23. The van der Waals surface area contributed by atoms with Gasteiger partial charge in [-0.15, -0.1) is 11.3 Å². The molecule has 2 heterocycles. The van der Waals surface area contributed by atoms with Gasteiger partial charge in [0.2, 0.25) is 0 Å². The first kappa shape index (κ1) is 13.1. The van der Waals surface area contributed by atoms with E-state index < -0.39 is 0 Å². The topological polar surface area (TPSA) is 46.9 Å². The summed E-state index contributed by atoms with van der Waals surface area (Å²) >= 11 is 7.72. The molecule has 4 nitrogen and oxygen atoms in total. The van der Waals surface area contributed by atoms with Crippen molar-refractivity contribution in [1.29, 1.82) is 0 Å². The van der Waals surface area contributed by atoms with Crippen molar-refractivity contribution in [3.05, 3.63) is 44.0 Å². The van der Waals surface area contributed by atoms with Crippen molar-refractivity contribution in [1.82, 2.24) is 9.78 Å². The summed E-state index contributed by atoms with van der Waals surface area (Å²) in [7, 11) is 0. The molecule has 2 aromatic heterocycles. The van der Waals surface area contributed by atoms with E-state index in [9.17, 15) is 4.79 Å². The minimum Gasteiger partial charge on any atom is -0.382 e. The second kappa shape index (κ2) is 6.02. The van der Waals surface area contributed by atoms with Gasteiger partial charge in [-0.05, 0) is 24.8 Å². The SMILES string of the molecule is CCn1ncc(NCCc2cccs2)c(Cl)c1=O. The van der Waals surface area contributed by atoms with Gasteiger partial charge in [0.15, 0.2) is 0 Å². The zero-order valence-electron chi connectivity index (χ0n) is 10.0. The number of hydrogen-bond acceptors (Lipinski definition) is 4. The van der Waals surface area contributed by atoms with Crippen LogP contribution < -0.4 is 10.9 Å². The number of nitrogens with zero attached hydrogens (tertiary/aromatic N) is 2. The number of thiophene rings is 1. The molecule has 2 aromatic rings. The highest BCUT2D eigenvalue weighted by atomic mass is 35.5. The van der Waals surface area contributed by atoms with Crippen molar-refractivity contribution in [2.45, 2.75) is 19.9 Å². The summed E-state index contributed by atoms with van der Waals surface area (Å²) in [6.07, 6.45) is 2.51. The lowest BCUT2D eigenvalue weighted by atomic mass is 10.3. The Hall–Kier alpha value is -1.33. The van der Waals surface area contributed by atoms with Gasteiger partial charge in [-0.25, -0.2) is 4.68 Å². The Bertz CT molecular complexity index is 565. The maximum Gasteiger partial charge on any atom is 0.287 e. The molecule has 0 unspecified atom stereocenters.